The van der Waals surface area contributed by atoms with Crippen LogP contribution in [0.4, 0.5) is 5.82 Å². The molecule has 0 spiro atoms. The summed E-state index contributed by atoms with van der Waals surface area (Å²) in [5.74, 6) is 0.369. The van der Waals surface area contributed by atoms with E-state index in [1.807, 2.05) is 0 Å². The van der Waals surface area contributed by atoms with Crippen molar-refractivity contribution in [2.45, 2.75) is 57.0 Å². The first-order valence-corrected chi connectivity index (χ1v) is 12.6. The Hall–Kier alpha value is -3.26. The number of hydrogen-bond acceptors (Lipinski definition) is 6. The van der Waals surface area contributed by atoms with E-state index in [9.17, 15) is 14.4 Å². The summed E-state index contributed by atoms with van der Waals surface area (Å²) in [5.41, 5.74) is 0.606. The van der Waals surface area contributed by atoms with Crippen LogP contribution in [0.3, 0.4) is 0 Å². The van der Waals surface area contributed by atoms with E-state index in [1.165, 1.54) is 17.1 Å². The topological polar surface area (TPSA) is 106 Å². The number of anilines is 1. The Kier molecular flexibility index (Phi) is 6.81. The number of amides is 1. The van der Waals surface area contributed by atoms with Gasteiger partial charge < -0.3 is 10.6 Å². The third-order valence-electron chi connectivity index (χ3n) is 6.83. The molecule has 1 unspecified atom stereocenters. The second-order valence-electron chi connectivity index (χ2n) is 9.43. The van der Waals surface area contributed by atoms with Crippen molar-refractivity contribution in [2.75, 3.05) is 11.9 Å². The predicted octanol–water partition coefficient (Wildman–Crippen LogP) is 4.14. The second-order valence-corrected chi connectivity index (χ2v) is 9.87. The molecule has 2 aromatic heterocycles. The minimum absolute atomic E-state index is 0.0369. The fraction of sp³-hybridized carbons (Fsp3) is 0.423. The lowest BCUT2D eigenvalue weighted by molar-refractivity contribution is -0.126. The minimum Gasteiger partial charge on any atom is -0.368 e. The zero-order chi connectivity index (χ0) is 24.4. The van der Waals surface area contributed by atoms with Gasteiger partial charge in [0.2, 0.25) is 0 Å². The van der Waals surface area contributed by atoms with Gasteiger partial charge in [0.15, 0.2) is 5.78 Å². The first-order valence-electron chi connectivity index (χ1n) is 12.2. The summed E-state index contributed by atoms with van der Waals surface area (Å²) in [6, 6.07) is 7.87. The Morgan fingerprint density at radius 1 is 1.06 bits per heavy atom. The summed E-state index contributed by atoms with van der Waals surface area (Å²) in [7, 11) is 0. The molecule has 35 heavy (non-hydrogen) atoms. The highest BCUT2D eigenvalue weighted by atomic mass is 35.5. The van der Waals surface area contributed by atoms with Crippen LogP contribution < -0.4 is 16.2 Å². The van der Waals surface area contributed by atoms with Crippen LogP contribution in [-0.4, -0.2) is 38.8 Å². The number of carbonyl (C=O) groups is 2. The van der Waals surface area contributed by atoms with E-state index in [0.29, 0.717) is 27.3 Å². The van der Waals surface area contributed by atoms with Gasteiger partial charge in [0.25, 0.3) is 11.5 Å². The van der Waals surface area contributed by atoms with Crippen LogP contribution in [0.2, 0.25) is 5.02 Å². The van der Waals surface area contributed by atoms with Crippen LogP contribution in [0.5, 0.6) is 0 Å². The van der Waals surface area contributed by atoms with Crippen molar-refractivity contribution in [1.82, 2.24) is 19.9 Å². The predicted molar refractivity (Wildman–Crippen MR) is 135 cm³/mol. The van der Waals surface area contributed by atoms with Gasteiger partial charge in [-0.2, -0.15) is 0 Å². The Morgan fingerprint density at radius 2 is 1.86 bits per heavy atom. The van der Waals surface area contributed by atoms with Crippen LogP contribution in [0, 0.1) is 5.92 Å². The Bertz CT molecular complexity index is 1300. The maximum absolute atomic E-state index is 13.6. The number of Topliss-reactive ketones (excluding diaryl/α,β-unsaturated/α-hetero) is 1. The number of ketones is 1. The van der Waals surface area contributed by atoms with E-state index in [1.54, 1.807) is 30.3 Å². The SMILES string of the molecule is O=C(NC1CC1)c1ccc2c(=O)n(C(CNc3ccc(Cl)cn3)C(=O)C3CCCCC3)cnc2c1. The molecule has 5 rings (SSSR count). The Balaban J connectivity index is 1.45. The Labute approximate surface area is 208 Å². The fourth-order valence-corrected chi connectivity index (χ4v) is 4.78. The summed E-state index contributed by atoms with van der Waals surface area (Å²) in [5, 5.41) is 7.03. The zero-order valence-electron chi connectivity index (χ0n) is 19.4. The summed E-state index contributed by atoms with van der Waals surface area (Å²) < 4.78 is 1.42. The number of pyridine rings is 1. The summed E-state index contributed by atoms with van der Waals surface area (Å²) in [4.78, 5) is 48.2. The number of rotatable bonds is 8. The number of benzene rings is 1. The number of carbonyl (C=O) groups excluding carboxylic acids is 2. The molecule has 2 aliphatic carbocycles. The van der Waals surface area contributed by atoms with E-state index in [-0.39, 0.29) is 35.8 Å². The third-order valence-corrected chi connectivity index (χ3v) is 7.06. The summed E-state index contributed by atoms with van der Waals surface area (Å²) in [6.45, 7) is 0.207. The highest BCUT2D eigenvalue weighted by Crippen LogP contribution is 2.28. The average molecular weight is 494 g/mol. The van der Waals surface area contributed by atoms with Crippen LogP contribution >= 0.6 is 11.6 Å². The van der Waals surface area contributed by atoms with E-state index in [2.05, 4.69) is 20.6 Å². The molecular weight excluding hydrogens is 466 g/mol. The molecule has 1 aromatic carbocycles. The van der Waals surface area contributed by atoms with E-state index in [0.717, 1.165) is 44.9 Å². The lowest BCUT2D eigenvalue weighted by Crippen LogP contribution is -2.38. The molecule has 0 radical (unpaired) electrons. The van der Waals surface area contributed by atoms with Gasteiger partial charge in [-0.15, -0.1) is 0 Å². The first kappa shape index (κ1) is 23.5. The molecular formula is C26H28ClN5O3. The van der Waals surface area contributed by atoms with E-state index < -0.39 is 6.04 Å². The number of nitrogens with zero attached hydrogens (tertiary/aromatic N) is 3. The van der Waals surface area contributed by atoms with Crippen molar-refractivity contribution < 1.29 is 9.59 Å². The molecule has 2 aliphatic rings. The molecule has 3 aromatic rings. The number of fused-ring (bicyclic) bond motifs is 1. The van der Waals surface area contributed by atoms with Crippen molar-refractivity contribution in [1.29, 1.82) is 0 Å². The third kappa shape index (κ3) is 5.37. The lowest BCUT2D eigenvalue weighted by atomic mass is 9.83. The second kappa shape index (κ2) is 10.2. The van der Waals surface area contributed by atoms with Crippen molar-refractivity contribution in [3.8, 4) is 0 Å². The van der Waals surface area contributed by atoms with Gasteiger partial charge in [-0.05, 0) is 56.0 Å². The van der Waals surface area contributed by atoms with Gasteiger partial charge in [0, 0.05) is 30.3 Å². The molecule has 9 heteroatoms. The molecule has 1 amide bonds. The molecule has 0 bridgehead atoms. The number of aromatic nitrogens is 3. The highest BCUT2D eigenvalue weighted by molar-refractivity contribution is 6.30. The number of nitrogens with one attached hydrogen (secondary N) is 2. The van der Waals surface area contributed by atoms with Crippen molar-refractivity contribution >= 4 is 40.0 Å². The summed E-state index contributed by atoms with van der Waals surface area (Å²) in [6.07, 6.45) is 9.80. The largest absolute Gasteiger partial charge is 0.368 e. The molecule has 0 aliphatic heterocycles. The number of hydrogen-bond donors (Lipinski definition) is 2. The van der Waals surface area contributed by atoms with Crippen LogP contribution in [0.1, 0.15) is 61.3 Å². The quantitative estimate of drug-likeness (QED) is 0.488. The van der Waals surface area contributed by atoms with Gasteiger partial charge in [0.05, 0.1) is 22.3 Å². The van der Waals surface area contributed by atoms with Gasteiger partial charge >= 0.3 is 0 Å². The van der Waals surface area contributed by atoms with E-state index in [4.69, 9.17) is 11.6 Å². The first-order chi connectivity index (χ1) is 17.0. The molecule has 2 saturated carbocycles. The smallest absolute Gasteiger partial charge is 0.261 e. The van der Waals surface area contributed by atoms with Crippen molar-refractivity contribution in [3.63, 3.8) is 0 Å². The molecule has 8 nitrogen and oxygen atoms in total. The lowest BCUT2D eigenvalue weighted by Gasteiger charge is -2.27. The average Bonchev–Trinajstić information content (AvgIpc) is 3.70. The van der Waals surface area contributed by atoms with E-state index >= 15 is 0 Å². The zero-order valence-corrected chi connectivity index (χ0v) is 20.1. The van der Waals surface area contributed by atoms with Crippen molar-refractivity contribution in [2.24, 2.45) is 5.92 Å². The molecule has 2 N–H and O–H groups in total. The van der Waals surface area contributed by atoms with Gasteiger partial charge in [-0.1, -0.05) is 30.9 Å². The van der Waals surface area contributed by atoms with Crippen LogP contribution in [-0.2, 0) is 4.79 Å². The van der Waals surface area contributed by atoms with Gasteiger partial charge in [0.1, 0.15) is 11.9 Å². The van der Waals surface area contributed by atoms with Gasteiger partial charge in [-0.3, -0.25) is 19.0 Å². The van der Waals surface area contributed by atoms with Gasteiger partial charge in [-0.25, -0.2) is 9.97 Å². The molecule has 182 valence electrons. The standard InChI is InChI=1S/C26H28ClN5O3/c27-18-7-11-23(28-13-18)29-14-22(24(33)16-4-2-1-3-5-16)32-15-30-21-12-17(6-10-20(21)26(32)35)25(34)31-19-8-9-19/h6-7,10-13,15-16,19,22H,1-5,8-9,14H2,(H,28,29)(H,31,34). The Morgan fingerprint density at radius 3 is 2.57 bits per heavy atom. The molecule has 1 atom stereocenters. The maximum Gasteiger partial charge on any atom is 0.261 e. The molecule has 2 heterocycles. The molecule has 2 fully saturated rings. The van der Waals surface area contributed by atoms with Crippen molar-refractivity contribution in [3.05, 3.63) is 63.8 Å². The maximum atomic E-state index is 13.6. The molecule has 0 saturated heterocycles. The monoisotopic (exact) mass is 493 g/mol. The minimum atomic E-state index is -0.724. The fourth-order valence-electron chi connectivity index (χ4n) is 4.67. The highest BCUT2D eigenvalue weighted by Gasteiger charge is 2.31. The van der Waals surface area contributed by atoms with Crippen LogP contribution in [0.25, 0.3) is 10.9 Å². The van der Waals surface area contributed by atoms with Crippen LogP contribution in [0.15, 0.2) is 47.7 Å². The normalized spacial score (nSPS) is 17.2. The number of halogens is 1. The summed E-state index contributed by atoms with van der Waals surface area (Å²) >= 11 is 5.93.